The molecule has 2 heterocycles. The first-order valence-corrected chi connectivity index (χ1v) is 10.2. The fourth-order valence-electron chi connectivity index (χ4n) is 3.83. The highest BCUT2D eigenvalue weighted by Gasteiger charge is 2.35. The normalized spacial score (nSPS) is 17.9. The zero-order valence-electron chi connectivity index (χ0n) is 17.3. The Bertz CT molecular complexity index is 987. The van der Waals surface area contributed by atoms with E-state index in [-0.39, 0.29) is 18.9 Å². The minimum absolute atomic E-state index is 0.158. The van der Waals surface area contributed by atoms with Crippen LogP contribution in [0.5, 0.6) is 0 Å². The van der Waals surface area contributed by atoms with E-state index in [0.717, 1.165) is 16.5 Å². The highest BCUT2D eigenvalue weighted by molar-refractivity contribution is 5.94. The van der Waals surface area contributed by atoms with E-state index in [0.29, 0.717) is 19.4 Å². The van der Waals surface area contributed by atoms with Crippen molar-refractivity contribution in [2.45, 2.75) is 44.3 Å². The second-order valence-corrected chi connectivity index (χ2v) is 7.64. The minimum Gasteiger partial charge on any atom is -0.480 e. The number of carbonyl (C=O) groups excluding carboxylic acids is 3. The summed E-state index contributed by atoms with van der Waals surface area (Å²) in [6, 6.07) is 4.72. The van der Waals surface area contributed by atoms with Gasteiger partial charge in [-0.25, -0.2) is 0 Å². The molecule has 166 valence electrons. The fourth-order valence-corrected chi connectivity index (χ4v) is 3.83. The van der Waals surface area contributed by atoms with Gasteiger partial charge in [-0.2, -0.15) is 0 Å². The van der Waals surface area contributed by atoms with Crippen molar-refractivity contribution in [2.75, 3.05) is 13.1 Å². The van der Waals surface area contributed by atoms with Crippen molar-refractivity contribution in [1.29, 1.82) is 0 Å². The van der Waals surface area contributed by atoms with E-state index < -0.39 is 35.9 Å². The number of hydrogen-bond acceptors (Lipinski definition) is 5. The van der Waals surface area contributed by atoms with Gasteiger partial charge in [0.2, 0.25) is 17.7 Å². The zero-order valence-corrected chi connectivity index (χ0v) is 17.3. The van der Waals surface area contributed by atoms with E-state index in [1.54, 1.807) is 6.20 Å². The van der Waals surface area contributed by atoms with E-state index >= 15 is 0 Å². The van der Waals surface area contributed by atoms with Gasteiger partial charge in [0.15, 0.2) is 0 Å². The number of fused-ring (bicyclic) bond motifs is 1. The van der Waals surface area contributed by atoms with Gasteiger partial charge in [0.05, 0.1) is 6.54 Å². The number of aromatic nitrogens is 1. The Hall–Kier alpha value is -3.40. The van der Waals surface area contributed by atoms with Gasteiger partial charge in [0.25, 0.3) is 0 Å². The maximum absolute atomic E-state index is 13.0. The molecule has 31 heavy (non-hydrogen) atoms. The molecule has 1 aromatic carbocycles. The molecule has 1 aliphatic rings. The molecule has 0 spiro atoms. The number of carbonyl (C=O) groups is 4. The van der Waals surface area contributed by atoms with Crippen LogP contribution in [0.3, 0.4) is 0 Å². The Morgan fingerprint density at radius 2 is 2.00 bits per heavy atom. The predicted molar refractivity (Wildman–Crippen MR) is 113 cm³/mol. The second kappa shape index (κ2) is 9.61. The summed E-state index contributed by atoms with van der Waals surface area (Å²) in [6.07, 6.45) is 3.06. The van der Waals surface area contributed by atoms with Crippen molar-refractivity contribution in [1.82, 2.24) is 20.5 Å². The SMILES string of the molecule is CC(NC(=O)C(Cc1c[nH]c2ccccc12)NC(=O)C1CCCN1C(=O)CN)C(=O)O. The first-order valence-electron chi connectivity index (χ1n) is 10.2. The lowest BCUT2D eigenvalue weighted by Gasteiger charge is -2.26. The summed E-state index contributed by atoms with van der Waals surface area (Å²) in [5, 5.41) is 15.2. The van der Waals surface area contributed by atoms with Gasteiger partial charge >= 0.3 is 5.97 Å². The van der Waals surface area contributed by atoms with Gasteiger partial charge in [-0.3, -0.25) is 19.2 Å². The molecule has 3 rings (SSSR count). The fraction of sp³-hybridized carbons (Fsp3) is 0.429. The number of nitrogens with zero attached hydrogens (tertiary/aromatic N) is 1. The Morgan fingerprint density at radius 1 is 1.26 bits per heavy atom. The van der Waals surface area contributed by atoms with Crippen molar-refractivity contribution in [3.8, 4) is 0 Å². The molecular weight excluding hydrogens is 402 g/mol. The highest BCUT2D eigenvalue weighted by atomic mass is 16.4. The highest BCUT2D eigenvalue weighted by Crippen LogP contribution is 2.21. The molecule has 3 unspecified atom stereocenters. The number of aromatic amines is 1. The van der Waals surface area contributed by atoms with Crippen molar-refractivity contribution in [3.05, 3.63) is 36.0 Å². The summed E-state index contributed by atoms with van der Waals surface area (Å²) in [7, 11) is 0. The van der Waals surface area contributed by atoms with Crippen molar-refractivity contribution >= 4 is 34.6 Å². The number of hydrogen-bond donors (Lipinski definition) is 5. The van der Waals surface area contributed by atoms with Gasteiger partial charge in [-0.05, 0) is 31.4 Å². The van der Waals surface area contributed by atoms with Crippen LogP contribution in [0.1, 0.15) is 25.3 Å². The summed E-state index contributed by atoms with van der Waals surface area (Å²) >= 11 is 0. The molecule has 0 aliphatic carbocycles. The number of likely N-dealkylation sites (tertiary alicyclic amines) is 1. The third-order valence-electron chi connectivity index (χ3n) is 5.51. The number of benzene rings is 1. The number of H-pyrrole nitrogens is 1. The van der Waals surface area contributed by atoms with E-state index in [1.807, 2.05) is 24.3 Å². The topological polar surface area (TPSA) is 158 Å². The summed E-state index contributed by atoms with van der Waals surface area (Å²) < 4.78 is 0. The van der Waals surface area contributed by atoms with Gasteiger partial charge in [0.1, 0.15) is 18.1 Å². The average Bonchev–Trinajstić information content (AvgIpc) is 3.40. The van der Waals surface area contributed by atoms with E-state index in [2.05, 4.69) is 15.6 Å². The molecule has 1 saturated heterocycles. The molecule has 1 fully saturated rings. The Kier molecular flexibility index (Phi) is 6.91. The summed E-state index contributed by atoms with van der Waals surface area (Å²) in [6.45, 7) is 1.59. The summed E-state index contributed by atoms with van der Waals surface area (Å²) in [5.41, 5.74) is 7.14. The minimum atomic E-state index is -1.18. The van der Waals surface area contributed by atoms with Crippen molar-refractivity contribution in [2.24, 2.45) is 5.73 Å². The number of nitrogens with one attached hydrogen (secondary N) is 3. The third kappa shape index (κ3) is 5.02. The van der Waals surface area contributed by atoms with Gasteiger partial charge in [-0.15, -0.1) is 0 Å². The standard InChI is InChI=1S/C21H27N5O5/c1-12(21(30)31)24-19(28)16(9-13-11-23-15-6-3-2-5-14(13)15)25-20(29)17-7-4-8-26(17)18(27)10-22/h2-3,5-6,11-12,16-17,23H,4,7-10,22H2,1H3,(H,24,28)(H,25,29)(H,30,31). The van der Waals surface area contributed by atoms with Crippen LogP contribution in [0.15, 0.2) is 30.5 Å². The largest absolute Gasteiger partial charge is 0.480 e. The predicted octanol–water partition coefficient (Wildman–Crippen LogP) is -0.266. The molecule has 2 aromatic rings. The summed E-state index contributed by atoms with van der Waals surface area (Å²) in [5.74, 6) is -2.57. The molecule has 10 heteroatoms. The quantitative estimate of drug-likeness (QED) is 0.389. The first kappa shape index (κ1) is 22.3. The van der Waals surface area contributed by atoms with Crippen molar-refractivity contribution in [3.63, 3.8) is 0 Å². The second-order valence-electron chi connectivity index (χ2n) is 7.64. The van der Waals surface area contributed by atoms with Crippen LogP contribution in [0, 0.1) is 0 Å². The number of rotatable bonds is 8. The zero-order chi connectivity index (χ0) is 22.5. The van der Waals surface area contributed by atoms with Crippen LogP contribution in [-0.4, -0.2) is 69.9 Å². The molecule has 1 aromatic heterocycles. The van der Waals surface area contributed by atoms with E-state index in [9.17, 15) is 19.2 Å². The average molecular weight is 429 g/mol. The molecule has 3 amide bonds. The van der Waals surface area contributed by atoms with E-state index in [4.69, 9.17) is 10.8 Å². The number of amides is 3. The molecule has 0 radical (unpaired) electrons. The lowest BCUT2D eigenvalue weighted by Crippen LogP contribution is -2.56. The maximum atomic E-state index is 13.0. The van der Waals surface area contributed by atoms with Gasteiger partial charge in [-0.1, -0.05) is 18.2 Å². The molecular formula is C21H27N5O5. The molecule has 10 nitrogen and oxygen atoms in total. The van der Waals surface area contributed by atoms with Crippen LogP contribution < -0.4 is 16.4 Å². The van der Waals surface area contributed by atoms with Crippen molar-refractivity contribution < 1.29 is 24.3 Å². The lowest BCUT2D eigenvalue weighted by molar-refractivity contribution is -0.142. The first-order chi connectivity index (χ1) is 14.8. The third-order valence-corrected chi connectivity index (χ3v) is 5.51. The maximum Gasteiger partial charge on any atom is 0.325 e. The molecule has 0 saturated carbocycles. The summed E-state index contributed by atoms with van der Waals surface area (Å²) in [4.78, 5) is 53.6. The van der Waals surface area contributed by atoms with Crippen LogP contribution >= 0.6 is 0 Å². The Morgan fingerprint density at radius 3 is 2.71 bits per heavy atom. The molecule has 0 bridgehead atoms. The van der Waals surface area contributed by atoms with E-state index in [1.165, 1.54) is 11.8 Å². The molecule has 3 atom stereocenters. The number of aliphatic carboxylic acids is 1. The Labute approximate surface area is 179 Å². The number of carboxylic acid groups (broad SMARTS) is 1. The molecule has 1 aliphatic heterocycles. The number of carboxylic acids is 1. The Balaban J connectivity index is 1.81. The lowest BCUT2D eigenvalue weighted by atomic mass is 10.0. The van der Waals surface area contributed by atoms with Crippen LogP contribution in [0.25, 0.3) is 10.9 Å². The monoisotopic (exact) mass is 429 g/mol. The van der Waals surface area contributed by atoms with Gasteiger partial charge < -0.3 is 31.4 Å². The number of para-hydroxylation sites is 1. The smallest absolute Gasteiger partial charge is 0.325 e. The molecule has 6 N–H and O–H groups in total. The number of nitrogens with two attached hydrogens (primary N) is 1. The van der Waals surface area contributed by atoms with Crippen LogP contribution in [0.4, 0.5) is 0 Å². The van der Waals surface area contributed by atoms with Crippen LogP contribution in [-0.2, 0) is 25.6 Å². The van der Waals surface area contributed by atoms with Gasteiger partial charge in [0, 0.05) is 30.1 Å². The van der Waals surface area contributed by atoms with Crippen LogP contribution in [0.2, 0.25) is 0 Å².